The fourth-order valence-electron chi connectivity index (χ4n) is 2.86. The number of benzene rings is 1. The predicted octanol–water partition coefficient (Wildman–Crippen LogP) is 2.02. The van der Waals surface area contributed by atoms with Crippen LogP contribution in [0.3, 0.4) is 0 Å². The molecule has 0 saturated heterocycles. The van der Waals surface area contributed by atoms with Crippen LogP contribution in [-0.2, 0) is 4.79 Å². The first-order chi connectivity index (χ1) is 8.16. The largest absolute Gasteiger partial charge is 0.478 e. The maximum absolute atomic E-state index is 11.8. The number of carboxylic acids is 1. The Labute approximate surface area is 98.6 Å². The maximum atomic E-state index is 11.8. The van der Waals surface area contributed by atoms with E-state index in [1.165, 1.54) is 0 Å². The summed E-state index contributed by atoms with van der Waals surface area (Å²) in [6, 6.07) is 4.91. The molecule has 1 aromatic carbocycles. The summed E-state index contributed by atoms with van der Waals surface area (Å²) in [6.45, 7) is 0. The molecule has 4 nitrogen and oxygen atoms in total. The Morgan fingerprint density at radius 2 is 2.24 bits per heavy atom. The van der Waals surface area contributed by atoms with Crippen LogP contribution in [0, 0.1) is 0 Å². The quantitative estimate of drug-likeness (QED) is 0.776. The van der Waals surface area contributed by atoms with Gasteiger partial charge in [-0.15, -0.1) is 0 Å². The van der Waals surface area contributed by atoms with Crippen molar-refractivity contribution >= 4 is 17.4 Å². The zero-order chi connectivity index (χ0) is 12.0. The van der Waals surface area contributed by atoms with Gasteiger partial charge < -0.3 is 10.4 Å². The van der Waals surface area contributed by atoms with Crippen molar-refractivity contribution in [3.8, 4) is 0 Å². The van der Waals surface area contributed by atoms with Crippen LogP contribution in [0.1, 0.15) is 41.1 Å². The van der Waals surface area contributed by atoms with Crippen molar-refractivity contribution in [3.63, 3.8) is 0 Å². The second-order valence-electron chi connectivity index (χ2n) is 4.69. The molecule has 1 heterocycles. The molecule has 1 saturated carbocycles. The van der Waals surface area contributed by atoms with Crippen LogP contribution in [0.25, 0.3) is 0 Å². The zero-order valence-electron chi connectivity index (χ0n) is 9.27. The van der Waals surface area contributed by atoms with Crippen molar-refractivity contribution in [2.75, 3.05) is 5.32 Å². The summed E-state index contributed by atoms with van der Waals surface area (Å²) in [6.07, 6.45) is 2.49. The predicted molar refractivity (Wildman–Crippen MR) is 62.4 cm³/mol. The Morgan fingerprint density at radius 3 is 3.00 bits per heavy atom. The van der Waals surface area contributed by atoms with E-state index < -0.39 is 5.97 Å². The number of rotatable bonds is 1. The summed E-state index contributed by atoms with van der Waals surface area (Å²) in [4.78, 5) is 22.7. The fraction of sp³-hybridized carbons (Fsp3) is 0.385. The van der Waals surface area contributed by atoms with E-state index in [0.29, 0.717) is 12.0 Å². The third-order valence-electron chi connectivity index (χ3n) is 3.70. The van der Waals surface area contributed by atoms with Gasteiger partial charge in [-0.25, -0.2) is 4.79 Å². The summed E-state index contributed by atoms with van der Waals surface area (Å²) in [7, 11) is 0. The first-order valence-corrected chi connectivity index (χ1v) is 5.83. The van der Waals surface area contributed by atoms with E-state index in [1.807, 2.05) is 0 Å². The molecule has 2 N–H and O–H groups in total. The molecule has 4 heteroatoms. The summed E-state index contributed by atoms with van der Waals surface area (Å²) in [5.74, 6) is -0.515. The number of fused-ring (bicyclic) bond motifs is 3. The summed E-state index contributed by atoms with van der Waals surface area (Å²) < 4.78 is 0. The average molecular weight is 231 g/mol. The van der Waals surface area contributed by atoms with Gasteiger partial charge in [0.05, 0.1) is 11.6 Å². The number of aromatic carboxylic acids is 1. The van der Waals surface area contributed by atoms with Gasteiger partial charge in [-0.3, -0.25) is 4.79 Å². The van der Waals surface area contributed by atoms with Crippen molar-refractivity contribution in [1.29, 1.82) is 0 Å². The van der Waals surface area contributed by atoms with E-state index in [9.17, 15) is 9.59 Å². The van der Waals surface area contributed by atoms with Gasteiger partial charge in [-0.1, -0.05) is 0 Å². The number of carboxylic acid groups (broad SMARTS) is 1. The molecule has 17 heavy (non-hydrogen) atoms. The van der Waals surface area contributed by atoms with Crippen molar-refractivity contribution in [2.45, 2.75) is 31.2 Å². The first-order valence-electron chi connectivity index (χ1n) is 5.83. The SMILES string of the molecule is O=C(O)c1ccc2c(c1)C1CCCC(=O)C1N2. The Balaban J connectivity index is 2.03. The number of anilines is 1. The minimum Gasteiger partial charge on any atom is -0.478 e. The molecular formula is C13H13NO3. The number of nitrogens with one attached hydrogen (secondary N) is 1. The molecule has 2 atom stereocenters. The molecule has 1 aliphatic heterocycles. The van der Waals surface area contributed by atoms with Crippen LogP contribution in [0.15, 0.2) is 18.2 Å². The first kappa shape index (κ1) is 10.3. The number of hydrogen-bond donors (Lipinski definition) is 2. The van der Waals surface area contributed by atoms with Crippen LogP contribution < -0.4 is 5.32 Å². The van der Waals surface area contributed by atoms with E-state index in [2.05, 4.69) is 5.32 Å². The van der Waals surface area contributed by atoms with Gasteiger partial charge in [0.2, 0.25) is 0 Å². The van der Waals surface area contributed by atoms with Crippen LogP contribution in [-0.4, -0.2) is 22.9 Å². The Kier molecular flexibility index (Phi) is 2.18. The van der Waals surface area contributed by atoms with Crippen LogP contribution in [0.5, 0.6) is 0 Å². The molecule has 3 rings (SSSR count). The van der Waals surface area contributed by atoms with Crippen LogP contribution >= 0.6 is 0 Å². The van der Waals surface area contributed by atoms with Gasteiger partial charge in [0.25, 0.3) is 0 Å². The van der Waals surface area contributed by atoms with Gasteiger partial charge in [-0.2, -0.15) is 0 Å². The minimum absolute atomic E-state index is 0.136. The third-order valence-corrected chi connectivity index (χ3v) is 3.70. The number of hydrogen-bond acceptors (Lipinski definition) is 3. The van der Waals surface area contributed by atoms with Gasteiger partial charge in [0.1, 0.15) is 0 Å². The molecular weight excluding hydrogens is 218 g/mol. The summed E-state index contributed by atoms with van der Waals surface area (Å²) in [5.41, 5.74) is 2.20. The lowest BCUT2D eigenvalue weighted by molar-refractivity contribution is -0.121. The maximum Gasteiger partial charge on any atom is 0.335 e. The van der Waals surface area contributed by atoms with E-state index in [1.54, 1.807) is 18.2 Å². The molecule has 0 radical (unpaired) electrons. The molecule has 2 aliphatic rings. The fourth-order valence-corrected chi connectivity index (χ4v) is 2.86. The lowest BCUT2D eigenvalue weighted by Gasteiger charge is -2.24. The molecule has 0 amide bonds. The standard InChI is InChI=1S/C13H13NO3/c15-11-3-1-2-8-9-6-7(13(16)17)4-5-10(9)14-12(8)11/h4-6,8,12,14H,1-3H2,(H,16,17). The topological polar surface area (TPSA) is 66.4 Å². The second-order valence-corrected chi connectivity index (χ2v) is 4.69. The molecule has 1 aromatic rings. The monoisotopic (exact) mass is 231 g/mol. The van der Waals surface area contributed by atoms with Crippen molar-refractivity contribution < 1.29 is 14.7 Å². The summed E-state index contributed by atoms with van der Waals surface area (Å²) in [5, 5.41) is 12.2. The highest BCUT2D eigenvalue weighted by atomic mass is 16.4. The van der Waals surface area contributed by atoms with Gasteiger partial charge in [0, 0.05) is 18.0 Å². The van der Waals surface area contributed by atoms with E-state index in [4.69, 9.17) is 5.11 Å². The molecule has 0 aromatic heterocycles. The van der Waals surface area contributed by atoms with E-state index >= 15 is 0 Å². The Hall–Kier alpha value is -1.84. The molecule has 0 bridgehead atoms. The molecule has 1 aliphatic carbocycles. The molecule has 1 fully saturated rings. The lowest BCUT2D eigenvalue weighted by atomic mass is 9.81. The average Bonchev–Trinajstić information content (AvgIpc) is 2.68. The Bertz CT molecular complexity index is 509. The molecule has 0 spiro atoms. The van der Waals surface area contributed by atoms with Gasteiger partial charge in [0.15, 0.2) is 5.78 Å². The van der Waals surface area contributed by atoms with Crippen molar-refractivity contribution in [1.82, 2.24) is 0 Å². The van der Waals surface area contributed by atoms with Gasteiger partial charge in [-0.05, 0) is 36.6 Å². The van der Waals surface area contributed by atoms with E-state index in [0.717, 1.165) is 24.1 Å². The zero-order valence-corrected chi connectivity index (χ0v) is 9.27. The van der Waals surface area contributed by atoms with E-state index in [-0.39, 0.29) is 17.7 Å². The van der Waals surface area contributed by atoms with Crippen LogP contribution in [0.4, 0.5) is 5.69 Å². The number of carbonyl (C=O) groups is 2. The molecule has 88 valence electrons. The molecule has 2 unspecified atom stereocenters. The van der Waals surface area contributed by atoms with Gasteiger partial charge >= 0.3 is 5.97 Å². The van der Waals surface area contributed by atoms with Crippen molar-refractivity contribution in [2.24, 2.45) is 0 Å². The minimum atomic E-state index is -0.918. The smallest absolute Gasteiger partial charge is 0.335 e. The Morgan fingerprint density at radius 1 is 1.41 bits per heavy atom. The number of ketones is 1. The van der Waals surface area contributed by atoms with Crippen LogP contribution in [0.2, 0.25) is 0 Å². The third kappa shape index (κ3) is 1.52. The highest BCUT2D eigenvalue weighted by molar-refractivity contribution is 5.93. The second kappa shape index (κ2) is 3.58. The normalized spacial score (nSPS) is 26.0. The number of carbonyl (C=O) groups excluding carboxylic acids is 1. The highest BCUT2D eigenvalue weighted by Gasteiger charge is 2.39. The lowest BCUT2D eigenvalue weighted by Crippen LogP contribution is -2.33. The summed E-state index contributed by atoms with van der Waals surface area (Å²) >= 11 is 0. The van der Waals surface area contributed by atoms with Crippen molar-refractivity contribution in [3.05, 3.63) is 29.3 Å². The highest BCUT2D eigenvalue weighted by Crippen LogP contribution is 2.42. The number of Topliss-reactive ketones (excluding diaryl/α,β-unsaturated/α-hetero) is 1.